The maximum absolute atomic E-state index is 11.0. The smallest absolute Gasteiger partial charge is 0.245 e. The first kappa shape index (κ1) is 24.2. The Kier molecular flexibility index (Phi) is 7.72. The third-order valence-electron chi connectivity index (χ3n) is 5.96. The average molecular weight is 509 g/mol. The van der Waals surface area contributed by atoms with Crippen LogP contribution in [0.4, 0.5) is 11.6 Å². The quantitative estimate of drug-likeness (QED) is 0.280. The number of ether oxygens (including phenoxy) is 2. The maximum Gasteiger partial charge on any atom is 0.245 e. The van der Waals surface area contributed by atoms with Gasteiger partial charge in [0.25, 0.3) is 0 Å². The largest absolute Gasteiger partial charge is 0.492 e. The summed E-state index contributed by atoms with van der Waals surface area (Å²) < 4.78 is 37.7. The Morgan fingerprint density at radius 1 is 1.03 bits per heavy atom. The molecule has 0 bridgehead atoms. The van der Waals surface area contributed by atoms with Crippen LogP contribution in [0, 0.1) is 0 Å². The highest BCUT2D eigenvalue weighted by molar-refractivity contribution is 7.70. The van der Waals surface area contributed by atoms with Gasteiger partial charge in [0.05, 0.1) is 30.6 Å². The lowest BCUT2D eigenvalue weighted by Gasteiger charge is -2.26. The SMILES string of the molecule is O=[SH](=O)NCc1ccccc1-c1ccc2cnc(Nc3cccc(OCCN4CCOCC4)c3)nn12. The molecule has 4 aromatic rings. The lowest BCUT2D eigenvalue weighted by atomic mass is 10.1. The molecule has 1 fully saturated rings. The summed E-state index contributed by atoms with van der Waals surface area (Å²) in [6, 6.07) is 19.2. The number of nitrogens with zero attached hydrogens (tertiary/aromatic N) is 4. The van der Waals surface area contributed by atoms with E-state index >= 15 is 0 Å². The van der Waals surface area contributed by atoms with E-state index in [1.54, 1.807) is 10.7 Å². The number of aromatic nitrogens is 3. The van der Waals surface area contributed by atoms with Gasteiger partial charge in [-0.25, -0.2) is 22.6 Å². The Balaban J connectivity index is 1.31. The normalized spacial score (nSPS) is 14.4. The van der Waals surface area contributed by atoms with Crippen molar-refractivity contribution in [1.82, 2.24) is 24.2 Å². The van der Waals surface area contributed by atoms with Crippen LogP contribution in [0.1, 0.15) is 5.56 Å². The second-order valence-electron chi connectivity index (χ2n) is 8.34. The third-order valence-corrected chi connectivity index (χ3v) is 6.38. The standard InChI is InChI=1S/C25H28N6O4S/c32-36(33)27-17-19-4-1-2-7-23(19)24-9-8-21-18-26-25(29-31(21)24)28-20-5-3-6-22(16-20)35-15-12-30-10-13-34-14-11-30/h1-9,16,18,36H,10-15,17H2,(H,28,29)(H,27,32,33). The zero-order valence-corrected chi connectivity index (χ0v) is 20.6. The minimum absolute atomic E-state index is 0.205. The van der Waals surface area contributed by atoms with Crippen molar-refractivity contribution in [2.24, 2.45) is 0 Å². The average Bonchev–Trinajstić information content (AvgIpc) is 3.32. The first-order valence-electron chi connectivity index (χ1n) is 11.8. The monoisotopic (exact) mass is 508 g/mol. The van der Waals surface area contributed by atoms with Crippen LogP contribution in [0.25, 0.3) is 16.8 Å². The predicted molar refractivity (Wildman–Crippen MR) is 138 cm³/mol. The molecule has 5 rings (SSSR count). The number of anilines is 2. The Hall–Kier alpha value is -3.51. The zero-order chi connectivity index (χ0) is 24.7. The number of hydrogen-bond donors (Lipinski definition) is 3. The first-order chi connectivity index (χ1) is 17.7. The van der Waals surface area contributed by atoms with Gasteiger partial charge in [0.1, 0.15) is 12.4 Å². The second kappa shape index (κ2) is 11.5. The number of morpholine rings is 1. The van der Waals surface area contributed by atoms with E-state index in [4.69, 9.17) is 14.6 Å². The fourth-order valence-electron chi connectivity index (χ4n) is 4.15. The predicted octanol–water partition coefficient (Wildman–Crippen LogP) is 2.47. The third kappa shape index (κ3) is 6.00. The van der Waals surface area contributed by atoms with Gasteiger partial charge < -0.3 is 14.8 Å². The van der Waals surface area contributed by atoms with Crippen molar-refractivity contribution in [2.45, 2.75) is 6.54 Å². The van der Waals surface area contributed by atoms with Crippen LogP contribution in [0.3, 0.4) is 0 Å². The molecule has 2 aromatic heterocycles. The van der Waals surface area contributed by atoms with Crippen LogP contribution in [0.5, 0.6) is 5.75 Å². The van der Waals surface area contributed by atoms with Crippen molar-refractivity contribution in [2.75, 3.05) is 44.8 Å². The molecule has 1 aliphatic rings. The molecule has 0 saturated carbocycles. The van der Waals surface area contributed by atoms with E-state index in [2.05, 4.69) is 19.9 Å². The van der Waals surface area contributed by atoms with Crippen molar-refractivity contribution in [3.05, 3.63) is 72.4 Å². The number of nitrogens with one attached hydrogen (secondary N) is 2. The molecule has 11 heteroatoms. The Morgan fingerprint density at radius 3 is 2.75 bits per heavy atom. The molecule has 36 heavy (non-hydrogen) atoms. The molecule has 0 radical (unpaired) electrons. The minimum Gasteiger partial charge on any atom is -0.492 e. The van der Waals surface area contributed by atoms with Crippen LogP contribution in [-0.2, 0) is 22.2 Å². The summed E-state index contributed by atoms with van der Waals surface area (Å²) in [6.45, 7) is 5.09. The van der Waals surface area contributed by atoms with Crippen LogP contribution < -0.4 is 14.8 Å². The number of rotatable bonds is 10. The highest BCUT2D eigenvalue weighted by Gasteiger charge is 2.12. The maximum atomic E-state index is 11.0. The fraction of sp³-hybridized carbons (Fsp3) is 0.280. The summed E-state index contributed by atoms with van der Waals surface area (Å²) in [4.78, 5) is 6.78. The van der Waals surface area contributed by atoms with Gasteiger partial charge in [-0.2, -0.15) is 0 Å². The molecule has 1 aliphatic heterocycles. The Bertz CT molecular complexity index is 1390. The minimum atomic E-state index is -2.68. The molecule has 2 aromatic carbocycles. The van der Waals surface area contributed by atoms with Gasteiger partial charge in [-0.1, -0.05) is 30.3 Å². The van der Waals surface area contributed by atoms with E-state index in [0.717, 1.165) is 66.6 Å². The van der Waals surface area contributed by atoms with Crippen LogP contribution >= 0.6 is 0 Å². The van der Waals surface area contributed by atoms with Gasteiger partial charge in [-0.15, -0.1) is 5.10 Å². The summed E-state index contributed by atoms with van der Waals surface area (Å²) in [6.07, 6.45) is 1.75. The second-order valence-corrected chi connectivity index (χ2v) is 9.17. The van der Waals surface area contributed by atoms with Gasteiger partial charge in [0, 0.05) is 43.5 Å². The van der Waals surface area contributed by atoms with E-state index in [1.165, 1.54) is 0 Å². The molecule has 0 spiro atoms. The molecular formula is C25H28N6O4S. The molecule has 0 atom stereocenters. The highest BCUT2D eigenvalue weighted by Crippen LogP contribution is 2.26. The molecule has 0 aliphatic carbocycles. The molecule has 0 unspecified atom stereocenters. The molecule has 1 saturated heterocycles. The molecule has 188 valence electrons. The highest BCUT2D eigenvalue weighted by atomic mass is 32.2. The molecule has 10 nitrogen and oxygen atoms in total. The topological polar surface area (TPSA) is 110 Å². The van der Waals surface area contributed by atoms with E-state index in [9.17, 15) is 8.42 Å². The van der Waals surface area contributed by atoms with Crippen molar-refractivity contribution in [3.63, 3.8) is 0 Å². The van der Waals surface area contributed by atoms with Crippen LogP contribution in [-0.4, -0.2) is 67.4 Å². The van der Waals surface area contributed by atoms with Gasteiger partial charge >= 0.3 is 0 Å². The lowest BCUT2D eigenvalue weighted by molar-refractivity contribution is 0.0322. The molecule has 0 amide bonds. The number of thiol groups is 1. The Morgan fingerprint density at radius 2 is 1.89 bits per heavy atom. The first-order valence-corrected chi connectivity index (χ1v) is 12.9. The summed E-state index contributed by atoms with van der Waals surface area (Å²) >= 11 is 0. The number of hydrogen-bond acceptors (Lipinski definition) is 8. The van der Waals surface area contributed by atoms with Gasteiger partial charge in [0.2, 0.25) is 16.8 Å². The van der Waals surface area contributed by atoms with E-state index in [-0.39, 0.29) is 6.54 Å². The van der Waals surface area contributed by atoms with Crippen molar-refractivity contribution >= 4 is 28.0 Å². The molecule has 2 N–H and O–H groups in total. The van der Waals surface area contributed by atoms with Crippen molar-refractivity contribution in [1.29, 1.82) is 0 Å². The van der Waals surface area contributed by atoms with Crippen molar-refractivity contribution < 1.29 is 17.9 Å². The lowest BCUT2D eigenvalue weighted by Crippen LogP contribution is -2.38. The van der Waals surface area contributed by atoms with Gasteiger partial charge in [-0.05, 0) is 29.8 Å². The summed E-state index contributed by atoms with van der Waals surface area (Å²) in [5, 5.41) is 7.95. The zero-order valence-electron chi connectivity index (χ0n) is 19.7. The molecule has 3 heterocycles. The van der Waals surface area contributed by atoms with Gasteiger partial charge in [0.15, 0.2) is 0 Å². The number of benzene rings is 2. The van der Waals surface area contributed by atoms with Crippen molar-refractivity contribution in [3.8, 4) is 17.0 Å². The van der Waals surface area contributed by atoms with E-state index in [1.807, 2.05) is 60.7 Å². The molecular weight excluding hydrogens is 480 g/mol. The van der Waals surface area contributed by atoms with Gasteiger partial charge in [-0.3, -0.25) is 4.90 Å². The van der Waals surface area contributed by atoms with Crippen LogP contribution in [0.15, 0.2) is 66.9 Å². The number of fused-ring (bicyclic) bond motifs is 1. The summed E-state index contributed by atoms with van der Waals surface area (Å²) in [5.74, 6) is 1.21. The van der Waals surface area contributed by atoms with Crippen LogP contribution in [0.2, 0.25) is 0 Å². The van der Waals surface area contributed by atoms with E-state index < -0.39 is 10.9 Å². The fourth-order valence-corrected chi connectivity index (χ4v) is 4.45. The summed E-state index contributed by atoms with van der Waals surface area (Å²) in [5.41, 5.74) is 4.23. The summed E-state index contributed by atoms with van der Waals surface area (Å²) in [7, 11) is -2.68. The van der Waals surface area contributed by atoms with E-state index in [0.29, 0.717) is 12.6 Å². The Labute approximate surface area is 210 Å².